The van der Waals surface area contributed by atoms with Gasteiger partial charge >= 0.3 is 0 Å². The van der Waals surface area contributed by atoms with Crippen molar-refractivity contribution in [1.82, 2.24) is 15.2 Å². The standard InChI is InChI=1S/C24H20ClN3O4S/c25-18-8-6-17(7-9-18)19-15-27-22(32-19)11-10-21(29)26-12-13-28-23(30)20(33-24(28)31)14-16-4-2-1-3-5-16/h1-9,14-15H,10-13H2,(H,26,29)/b20-14-. The molecule has 3 aromatic rings. The summed E-state index contributed by atoms with van der Waals surface area (Å²) in [5.74, 6) is 0.489. The Balaban J connectivity index is 1.23. The van der Waals surface area contributed by atoms with Crippen molar-refractivity contribution in [2.45, 2.75) is 12.8 Å². The third kappa shape index (κ3) is 5.91. The molecule has 7 nitrogen and oxygen atoms in total. The molecule has 2 aromatic carbocycles. The van der Waals surface area contributed by atoms with Gasteiger partial charge in [-0.2, -0.15) is 0 Å². The third-order valence-electron chi connectivity index (χ3n) is 4.88. The number of oxazole rings is 1. The molecule has 2 heterocycles. The van der Waals surface area contributed by atoms with Crippen LogP contribution in [0.2, 0.25) is 5.02 Å². The number of aryl methyl sites for hydroxylation is 1. The molecule has 1 aliphatic rings. The zero-order chi connectivity index (χ0) is 23.2. The fourth-order valence-corrected chi connectivity index (χ4v) is 4.17. The van der Waals surface area contributed by atoms with Crippen LogP contribution in [0.5, 0.6) is 0 Å². The van der Waals surface area contributed by atoms with Gasteiger partial charge in [-0.05, 0) is 47.7 Å². The van der Waals surface area contributed by atoms with Crippen LogP contribution in [0, 0.1) is 0 Å². The lowest BCUT2D eigenvalue weighted by molar-refractivity contribution is -0.124. The number of carbonyl (C=O) groups excluding carboxylic acids is 3. The van der Waals surface area contributed by atoms with Crippen LogP contribution in [-0.2, 0) is 16.0 Å². The van der Waals surface area contributed by atoms with Gasteiger partial charge in [0.25, 0.3) is 11.1 Å². The van der Waals surface area contributed by atoms with E-state index in [0.717, 1.165) is 27.8 Å². The Kier molecular flexibility index (Phi) is 7.26. The first-order chi connectivity index (χ1) is 16.0. The van der Waals surface area contributed by atoms with Crippen LogP contribution in [0.3, 0.4) is 0 Å². The van der Waals surface area contributed by atoms with E-state index >= 15 is 0 Å². The zero-order valence-electron chi connectivity index (χ0n) is 17.5. The summed E-state index contributed by atoms with van der Waals surface area (Å²) in [6.45, 7) is 0.291. The molecule has 33 heavy (non-hydrogen) atoms. The van der Waals surface area contributed by atoms with Gasteiger partial charge in [0, 0.05) is 36.5 Å². The Morgan fingerprint density at radius 3 is 2.64 bits per heavy atom. The van der Waals surface area contributed by atoms with E-state index in [0.29, 0.717) is 28.0 Å². The monoisotopic (exact) mass is 481 g/mol. The van der Waals surface area contributed by atoms with Gasteiger partial charge in [0.2, 0.25) is 5.91 Å². The Hall–Kier alpha value is -3.36. The smallest absolute Gasteiger partial charge is 0.293 e. The lowest BCUT2D eigenvalue weighted by Gasteiger charge is -2.12. The van der Waals surface area contributed by atoms with Crippen molar-refractivity contribution in [1.29, 1.82) is 0 Å². The topological polar surface area (TPSA) is 92.5 Å². The number of nitrogens with one attached hydrogen (secondary N) is 1. The highest BCUT2D eigenvalue weighted by atomic mass is 35.5. The SMILES string of the molecule is O=C(CCc1ncc(-c2ccc(Cl)cc2)o1)NCCN1C(=O)S/C(=C\c2ccccc2)C1=O. The van der Waals surface area contributed by atoms with Crippen LogP contribution in [0.15, 0.2) is 70.1 Å². The van der Waals surface area contributed by atoms with Crippen LogP contribution in [0.25, 0.3) is 17.4 Å². The number of nitrogens with zero attached hydrogens (tertiary/aromatic N) is 2. The second-order valence-corrected chi connectivity index (χ2v) is 8.65. The minimum atomic E-state index is -0.349. The van der Waals surface area contributed by atoms with Crippen molar-refractivity contribution in [3.8, 4) is 11.3 Å². The molecule has 0 bridgehead atoms. The maximum atomic E-state index is 12.5. The second-order valence-electron chi connectivity index (χ2n) is 7.22. The van der Waals surface area contributed by atoms with E-state index in [9.17, 15) is 14.4 Å². The number of hydrogen-bond donors (Lipinski definition) is 1. The van der Waals surface area contributed by atoms with E-state index in [1.165, 1.54) is 0 Å². The van der Waals surface area contributed by atoms with Gasteiger partial charge in [0.15, 0.2) is 11.7 Å². The Morgan fingerprint density at radius 2 is 1.88 bits per heavy atom. The second kappa shape index (κ2) is 10.5. The summed E-state index contributed by atoms with van der Waals surface area (Å²) in [7, 11) is 0. The molecule has 1 aromatic heterocycles. The van der Waals surface area contributed by atoms with E-state index in [2.05, 4.69) is 10.3 Å². The molecular formula is C24H20ClN3O4S. The van der Waals surface area contributed by atoms with E-state index in [1.54, 1.807) is 24.4 Å². The Bertz CT molecular complexity index is 1190. The van der Waals surface area contributed by atoms with E-state index in [-0.39, 0.29) is 36.6 Å². The molecule has 1 N–H and O–H groups in total. The molecule has 1 aliphatic heterocycles. The molecule has 0 saturated carbocycles. The summed E-state index contributed by atoms with van der Waals surface area (Å²) in [5.41, 5.74) is 1.70. The number of amides is 3. The van der Waals surface area contributed by atoms with Crippen molar-refractivity contribution in [2.24, 2.45) is 0 Å². The number of benzene rings is 2. The molecule has 0 spiro atoms. The van der Waals surface area contributed by atoms with Gasteiger partial charge in [-0.25, -0.2) is 4.98 Å². The van der Waals surface area contributed by atoms with Gasteiger partial charge in [-0.3, -0.25) is 19.3 Å². The van der Waals surface area contributed by atoms with Gasteiger partial charge in [-0.1, -0.05) is 41.9 Å². The summed E-state index contributed by atoms with van der Waals surface area (Å²) in [5, 5.41) is 3.02. The third-order valence-corrected chi connectivity index (χ3v) is 6.04. The summed E-state index contributed by atoms with van der Waals surface area (Å²) in [4.78, 5) is 42.6. The quantitative estimate of drug-likeness (QED) is 0.465. The number of carbonyl (C=O) groups is 3. The average molecular weight is 482 g/mol. The molecule has 1 saturated heterocycles. The first kappa shape index (κ1) is 22.8. The fourth-order valence-electron chi connectivity index (χ4n) is 3.18. The predicted octanol–water partition coefficient (Wildman–Crippen LogP) is 4.78. The van der Waals surface area contributed by atoms with Gasteiger partial charge in [-0.15, -0.1) is 0 Å². The number of imide groups is 1. The molecule has 0 unspecified atom stereocenters. The van der Waals surface area contributed by atoms with Crippen molar-refractivity contribution in [3.63, 3.8) is 0 Å². The first-order valence-corrected chi connectivity index (χ1v) is 11.5. The molecule has 168 valence electrons. The number of hydrogen-bond acceptors (Lipinski definition) is 6. The molecule has 9 heteroatoms. The minimum Gasteiger partial charge on any atom is -0.441 e. The Morgan fingerprint density at radius 1 is 1.12 bits per heavy atom. The molecule has 0 atom stereocenters. The largest absolute Gasteiger partial charge is 0.441 e. The van der Waals surface area contributed by atoms with Crippen LogP contribution >= 0.6 is 23.4 Å². The molecular weight excluding hydrogens is 462 g/mol. The van der Waals surface area contributed by atoms with Crippen molar-refractivity contribution >= 4 is 46.5 Å². The highest BCUT2D eigenvalue weighted by Gasteiger charge is 2.34. The predicted molar refractivity (Wildman–Crippen MR) is 127 cm³/mol. The molecule has 0 aliphatic carbocycles. The lowest BCUT2D eigenvalue weighted by atomic mass is 10.2. The minimum absolute atomic E-state index is 0.113. The summed E-state index contributed by atoms with van der Waals surface area (Å²) >= 11 is 6.80. The van der Waals surface area contributed by atoms with Gasteiger partial charge in [0.05, 0.1) is 11.1 Å². The number of thioether (sulfide) groups is 1. The van der Waals surface area contributed by atoms with E-state index in [4.69, 9.17) is 16.0 Å². The highest BCUT2D eigenvalue weighted by molar-refractivity contribution is 8.18. The van der Waals surface area contributed by atoms with Gasteiger partial charge in [0.1, 0.15) is 0 Å². The summed E-state index contributed by atoms with van der Waals surface area (Å²) in [6.07, 6.45) is 3.81. The highest BCUT2D eigenvalue weighted by Crippen LogP contribution is 2.31. The van der Waals surface area contributed by atoms with Gasteiger partial charge < -0.3 is 9.73 Å². The van der Waals surface area contributed by atoms with E-state index < -0.39 is 0 Å². The fraction of sp³-hybridized carbons (Fsp3) is 0.167. The Labute approximate surface area is 199 Å². The lowest BCUT2D eigenvalue weighted by Crippen LogP contribution is -2.37. The van der Waals surface area contributed by atoms with Crippen LogP contribution in [-0.4, -0.2) is 40.0 Å². The normalized spacial score (nSPS) is 14.8. The van der Waals surface area contributed by atoms with Crippen molar-refractivity contribution in [3.05, 3.63) is 82.2 Å². The molecule has 1 fully saturated rings. The van der Waals surface area contributed by atoms with E-state index in [1.807, 2.05) is 42.5 Å². The summed E-state index contributed by atoms with van der Waals surface area (Å²) < 4.78 is 5.69. The maximum Gasteiger partial charge on any atom is 0.293 e. The number of halogens is 1. The number of rotatable bonds is 8. The molecule has 4 rings (SSSR count). The number of aromatic nitrogens is 1. The van der Waals surface area contributed by atoms with Crippen molar-refractivity contribution in [2.75, 3.05) is 13.1 Å². The van der Waals surface area contributed by atoms with Crippen LogP contribution < -0.4 is 5.32 Å². The zero-order valence-corrected chi connectivity index (χ0v) is 19.1. The maximum absolute atomic E-state index is 12.5. The first-order valence-electron chi connectivity index (χ1n) is 10.3. The van der Waals surface area contributed by atoms with Crippen LogP contribution in [0.1, 0.15) is 17.9 Å². The molecule has 3 amide bonds. The van der Waals surface area contributed by atoms with Crippen molar-refractivity contribution < 1.29 is 18.8 Å². The average Bonchev–Trinajstić information content (AvgIpc) is 3.39. The molecule has 0 radical (unpaired) electrons. The summed E-state index contributed by atoms with van der Waals surface area (Å²) in [6, 6.07) is 16.5. The van der Waals surface area contributed by atoms with Crippen LogP contribution in [0.4, 0.5) is 4.79 Å².